The number of aryl methyl sites for hydroxylation is 2. The summed E-state index contributed by atoms with van der Waals surface area (Å²) in [6.07, 6.45) is 14.1. The highest BCUT2D eigenvalue weighted by atomic mass is 80.9. The van der Waals surface area contributed by atoms with Crippen LogP contribution in [-0.2, 0) is 13.1 Å². The number of fused-ring (bicyclic) bond motifs is 2. The Hall–Kier alpha value is -7.60. The number of halogens is 3. The number of rotatable bonds is 22. The molecule has 0 amide bonds. The Kier molecular flexibility index (Phi) is 17.6. The molecule has 0 fully saturated rings. The van der Waals surface area contributed by atoms with Crippen LogP contribution < -0.4 is 44.5 Å². The molecule has 17 heteroatoms. The van der Waals surface area contributed by atoms with Gasteiger partial charge in [-0.05, 0) is 129 Å². The summed E-state index contributed by atoms with van der Waals surface area (Å²) in [7, 11) is 0. The molecule has 6 heterocycles. The second-order valence-corrected chi connectivity index (χ2v) is 28.1. The summed E-state index contributed by atoms with van der Waals surface area (Å²) >= 11 is 9.38. The predicted octanol–water partition coefficient (Wildman–Crippen LogP) is 19.8. The molecule has 16 rings (SSSR count). The molecule has 14 nitrogen and oxygen atoms in total. The van der Waals surface area contributed by atoms with E-state index in [0.29, 0.717) is 105 Å². The summed E-state index contributed by atoms with van der Waals surface area (Å²) in [5.74, 6) is 0. The molecule has 97 heavy (non-hydrogen) atoms. The smallest absolute Gasteiger partial charge is 0.261 e. The van der Waals surface area contributed by atoms with Gasteiger partial charge in [0.25, 0.3) is 44.5 Å². The number of nitrogens with zero attached hydrogens (tertiary/aromatic N) is 6. The summed E-state index contributed by atoms with van der Waals surface area (Å²) in [5, 5.41) is 18.7. The third kappa shape index (κ3) is 9.23. The van der Waals surface area contributed by atoms with Gasteiger partial charge in [0.1, 0.15) is 0 Å². The zero-order valence-electron chi connectivity index (χ0n) is 57.0. The minimum atomic E-state index is -0.253. The van der Waals surface area contributed by atoms with Crippen molar-refractivity contribution in [2.45, 2.75) is 209 Å². The summed E-state index contributed by atoms with van der Waals surface area (Å²) in [6.45, 7) is 22.0. The van der Waals surface area contributed by atoms with Gasteiger partial charge in [0.05, 0.1) is 43.6 Å². The van der Waals surface area contributed by atoms with Gasteiger partial charge in [0, 0.05) is 162 Å². The minimum absolute atomic E-state index is 0.175. The van der Waals surface area contributed by atoms with Crippen LogP contribution in [-0.4, -0.2) is 27.4 Å². The van der Waals surface area contributed by atoms with Crippen LogP contribution in [0, 0.1) is 0 Å². The average molecular weight is 1490 g/mol. The zero-order chi connectivity index (χ0) is 68.6. The Balaban J connectivity index is 0.000000162. The highest BCUT2D eigenvalue weighted by Gasteiger charge is 2.33. The standard InChI is InChI=1S/C40H40BrN3O4.C40H41N3O4.Br2/c1-6-11-12-13-16-42-28-18-25-30-23(37(45)43(39(25)47)20(7-2)8-3)15-14-22-32-27(41)17-24-31-26(40(48)44(38(24)46)21(9-4)10-5)19-29(42)35(36(31)32)34(28)33(22)30;1-6-11-12-13-18-41-29-19-27-31-25(37(44)42(39(27)46)21(7-2)8-3)16-14-23-24-15-17-26-32-28(40(47)43(38(26)45)22(9-4)10-5)20-30(41)36(34(24)32)35(29)33(23)31;1-2/h14-15,17-21H,6-13,16H2,1-5H3;14-17,19-22H,6-13,18H2,1-5H3;. The van der Waals surface area contributed by atoms with Gasteiger partial charge in [-0.3, -0.25) is 56.6 Å². The largest absolute Gasteiger partial charge is 0.340 e. The number of unbranched alkanes of at least 4 members (excludes halogenated alkanes) is 6. The monoisotopic (exact) mass is 1490 g/mol. The molecule has 0 bridgehead atoms. The van der Waals surface area contributed by atoms with E-state index in [1.165, 1.54) is 18.3 Å². The predicted molar refractivity (Wildman–Crippen MR) is 418 cm³/mol. The van der Waals surface area contributed by atoms with Crippen molar-refractivity contribution in [1.29, 1.82) is 0 Å². The first-order valence-corrected chi connectivity index (χ1v) is 40.0. The van der Waals surface area contributed by atoms with Gasteiger partial charge in [0.2, 0.25) is 0 Å². The van der Waals surface area contributed by atoms with Gasteiger partial charge in [-0.2, -0.15) is 0 Å². The van der Waals surface area contributed by atoms with Crippen LogP contribution in [0.1, 0.15) is 196 Å². The maximum atomic E-state index is 14.4. The van der Waals surface area contributed by atoms with Gasteiger partial charge >= 0.3 is 0 Å². The molecular formula is C80H81Br3N6O8. The summed E-state index contributed by atoms with van der Waals surface area (Å²) in [4.78, 5) is 114. The van der Waals surface area contributed by atoms with Crippen LogP contribution in [0.3, 0.4) is 0 Å². The van der Waals surface area contributed by atoms with Gasteiger partial charge in [-0.15, -0.1) is 0 Å². The van der Waals surface area contributed by atoms with Crippen LogP contribution in [0.25, 0.3) is 151 Å². The first-order valence-electron chi connectivity index (χ1n) is 35.5. The van der Waals surface area contributed by atoms with Gasteiger partial charge in [-0.25, -0.2) is 0 Å². The Morgan fingerprint density at radius 1 is 0.268 bits per heavy atom. The molecular weight excluding hydrogens is 1410 g/mol. The lowest BCUT2D eigenvalue weighted by atomic mass is 9.86. The minimum Gasteiger partial charge on any atom is -0.340 e. The van der Waals surface area contributed by atoms with Gasteiger partial charge in [0.15, 0.2) is 0 Å². The van der Waals surface area contributed by atoms with Crippen molar-refractivity contribution in [1.82, 2.24) is 27.4 Å². The second kappa shape index (κ2) is 25.6. The highest BCUT2D eigenvalue weighted by Crippen LogP contribution is 2.53. The molecule has 0 aliphatic carbocycles. The number of benzene rings is 10. The number of hydrogen-bond acceptors (Lipinski definition) is 8. The Morgan fingerprint density at radius 2 is 0.515 bits per heavy atom. The van der Waals surface area contributed by atoms with Gasteiger partial charge < -0.3 is 9.13 Å². The highest BCUT2D eigenvalue weighted by molar-refractivity contribution is 9.93. The molecule has 0 unspecified atom stereocenters. The van der Waals surface area contributed by atoms with Crippen molar-refractivity contribution in [2.24, 2.45) is 0 Å². The van der Waals surface area contributed by atoms with E-state index in [2.05, 4.69) is 67.2 Å². The van der Waals surface area contributed by atoms with E-state index < -0.39 is 0 Å². The van der Waals surface area contributed by atoms with E-state index >= 15 is 0 Å². The molecule has 0 aliphatic heterocycles. The molecule has 0 spiro atoms. The third-order valence-electron chi connectivity index (χ3n) is 22.6. The van der Waals surface area contributed by atoms with Crippen molar-refractivity contribution in [2.75, 3.05) is 0 Å². The molecule has 0 saturated heterocycles. The molecule has 0 saturated carbocycles. The fraction of sp³-hybridized carbons (Fsp3) is 0.400. The van der Waals surface area contributed by atoms with Crippen LogP contribution in [0.5, 0.6) is 0 Å². The van der Waals surface area contributed by atoms with E-state index in [1.807, 2.05) is 122 Å². The normalized spacial score (nSPS) is 12.8. The van der Waals surface area contributed by atoms with E-state index in [4.69, 9.17) is 0 Å². The summed E-state index contributed by atoms with van der Waals surface area (Å²) < 4.78 is 11.3. The molecule has 0 radical (unpaired) electrons. The Bertz CT molecular complexity index is 6060. The van der Waals surface area contributed by atoms with Crippen LogP contribution in [0.15, 0.2) is 110 Å². The first-order chi connectivity index (χ1) is 47.0. The van der Waals surface area contributed by atoms with Crippen molar-refractivity contribution < 1.29 is 0 Å². The summed E-state index contributed by atoms with van der Waals surface area (Å²) in [5.41, 5.74) is 1.88. The zero-order valence-corrected chi connectivity index (χ0v) is 61.7. The topological polar surface area (TPSA) is 166 Å². The van der Waals surface area contributed by atoms with E-state index in [-0.39, 0.29) is 68.6 Å². The van der Waals surface area contributed by atoms with Crippen molar-refractivity contribution in [3.05, 3.63) is 154 Å². The van der Waals surface area contributed by atoms with Gasteiger partial charge in [-0.1, -0.05) is 142 Å². The average Bonchev–Trinajstić information content (AvgIpc) is 1.62. The van der Waals surface area contributed by atoms with Crippen molar-refractivity contribution in [3.63, 3.8) is 0 Å². The van der Waals surface area contributed by atoms with Crippen molar-refractivity contribution >= 4 is 196 Å². The molecule has 0 aliphatic rings. The SMILES string of the molecule is BrBr.CCCCCCn1c2cc3c(=O)n(C(CC)CC)c(=O)c4ccc5c6c(Br)cc7c(=O)n(C(CC)CC)c(=O)c8cc1c(c6c78)c2c5c43.CCCCCCn1c2cc3c(=O)n(C(CC)CC)c(=O)c4ccc5c6ccc7c(=O)n(C(CC)CC)c(=O)c8cc1c(c6c78)c2c5c43. The van der Waals surface area contributed by atoms with E-state index in [1.54, 1.807) is 0 Å². The molecule has 0 N–H and O–H groups in total. The number of hydrogen-bond donors (Lipinski definition) is 0. The molecule has 500 valence electrons. The fourth-order valence-electron chi connectivity index (χ4n) is 17.9. The molecule has 0 atom stereocenters. The summed E-state index contributed by atoms with van der Waals surface area (Å²) in [6, 6.07) is 20.8. The fourth-order valence-corrected chi connectivity index (χ4v) is 18.5. The number of pyridine rings is 4. The first kappa shape index (κ1) is 66.6. The van der Waals surface area contributed by atoms with E-state index in [9.17, 15) is 38.4 Å². The maximum Gasteiger partial charge on any atom is 0.261 e. The third-order valence-corrected chi connectivity index (χ3v) is 23.3. The van der Waals surface area contributed by atoms with Crippen LogP contribution in [0.4, 0.5) is 0 Å². The lowest BCUT2D eigenvalue weighted by Gasteiger charge is -2.21. The Labute approximate surface area is 582 Å². The molecule has 10 aromatic carbocycles. The lowest BCUT2D eigenvalue weighted by molar-refractivity contribution is 0.451. The van der Waals surface area contributed by atoms with Crippen LogP contribution in [0.2, 0.25) is 0 Å². The molecule has 16 aromatic rings. The number of aromatic nitrogens is 6. The molecule has 6 aromatic heterocycles. The quantitative estimate of drug-likeness (QED) is 0.0367. The lowest BCUT2D eigenvalue weighted by Crippen LogP contribution is -2.36. The van der Waals surface area contributed by atoms with Crippen molar-refractivity contribution in [3.8, 4) is 0 Å². The van der Waals surface area contributed by atoms with E-state index in [0.717, 1.165) is 166 Å². The van der Waals surface area contributed by atoms with Crippen LogP contribution >= 0.6 is 44.2 Å². The maximum absolute atomic E-state index is 14.4. The second-order valence-electron chi connectivity index (χ2n) is 27.3. The Morgan fingerprint density at radius 3 is 0.814 bits per heavy atom.